The number of carbonyl (C=O) groups excluding carboxylic acids is 1. The Kier molecular flexibility index (Phi) is 8.56. The highest BCUT2D eigenvalue weighted by Gasteiger charge is 2.20. The van der Waals surface area contributed by atoms with E-state index in [9.17, 15) is 4.79 Å². The molecule has 1 amide bonds. The Labute approximate surface area is 111 Å². The van der Waals surface area contributed by atoms with Crippen molar-refractivity contribution in [3.8, 4) is 0 Å². The summed E-state index contributed by atoms with van der Waals surface area (Å²) in [5.74, 6) is 0.853. The molecule has 1 aliphatic heterocycles. The fourth-order valence-electron chi connectivity index (χ4n) is 2.32. The Morgan fingerprint density at radius 1 is 1.47 bits per heavy atom. The minimum Gasteiger partial charge on any atom is -0.353 e. The molecule has 102 valence electrons. The van der Waals surface area contributed by atoms with Crippen molar-refractivity contribution in [3.05, 3.63) is 0 Å². The number of hydrogen-bond acceptors (Lipinski definition) is 3. The molecule has 2 N–H and O–H groups in total. The molecule has 0 aromatic heterocycles. The highest BCUT2D eigenvalue weighted by atomic mass is 35.5. The molecule has 17 heavy (non-hydrogen) atoms. The number of nitrogens with zero attached hydrogens (tertiary/aromatic N) is 1. The van der Waals surface area contributed by atoms with E-state index in [1.165, 1.54) is 12.8 Å². The van der Waals surface area contributed by atoms with Crippen LogP contribution in [0.15, 0.2) is 0 Å². The highest BCUT2D eigenvalue weighted by Crippen LogP contribution is 2.15. The summed E-state index contributed by atoms with van der Waals surface area (Å²) in [6.45, 7) is 7.72. The number of halogens is 1. The zero-order valence-electron chi connectivity index (χ0n) is 11.2. The Bertz CT molecular complexity index is 222. The molecule has 0 aliphatic carbocycles. The van der Waals surface area contributed by atoms with E-state index < -0.39 is 0 Å². The molecule has 1 saturated heterocycles. The number of hydrogen-bond donors (Lipinski definition) is 2. The maximum Gasteiger partial charge on any atom is 0.234 e. The fraction of sp³-hybridized carbons (Fsp3) is 0.917. The topological polar surface area (TPSA) is 44.4 Å². The third-order valence-electron chi connectivity index (χ3n) is 2.91. The number of likely N-dealkylation sites (tertiary alicyclic amines) is 1. The van der Waals surface area contributed by atoms with Gasteiger partial charge < -0.3 is 10.6 Å². The summed E-state index contributed by atoms with van der Waals surface area (Å²) in [6.07, 6.45) is 2.49. The van der Waals surface area contributed by atoms with E-state index >= 15 is 0 Å². The van der Waals surface area contributed by atoms with Crippen molar-refractivity contribution >= 4 is 18.3 Å². The van der Waals surface area contributed by atoms with Crippen LogP contribution >= 0.6 is 12.4 Å². The van der Waals surface area contributed by atoms with E-state index in [0.29, 0.717) is 12.5 Å². The van der Waals surface area contributed by atoms with Gasteiger partial charge in [0.05, 0.1) is 6.54 Å². The van der Waals surface area contributed by atoms with E-state index in [4.69, 9.17) is 0 Å². The van der Waals surface area contributed by atoms with Crippen molar-refractivity contribution in [2.24, 2.45) is 5.92 Å². The number of amides is 1. The van der Waals surface area contributed by atoms with E-state index in [1.807, 2.05) is 20.9 Å². The SMILES string of the molecule is CNCC1CCCN(CC(=O)NC(C)C)C1.Cl. The average Bonchev–Trinajstić information content (AvgIpc) is 2.17. The molecule has 0 saturated carbocycles. The summed E-state index contributed by atoms with van der Waals surface area (Å²) in [6, 6.07) is 0.241. The zero-order valence-corrected chi connectivity index (χ0v) is 12.0. The molecule has 0 bridgehead atoms. The molecule has 1 heterocycles. The normalized spacial score (nSPS) is 21.1. The lowest BCUT2D eigenvalue weighted by Gasteiger charge is -2.32. The lowest BCUT2D eigenvalue weighted by Crippen LogP contribution is -2.45. The van der Waals surface area contributed by atoms with Gasteiger partial charge in [0.2, 0.25) is 5.91 Å². The van der Waals surface area contributed by atoms with Crippen molar-refractivity contribution in [2.45, 2.75) is 32.7 Å². The van der Waals surface area contributed by atoms with Gasteiger partial charge in [0, 0.05) is 12.6 Å². The average molecular weight is 264 g/mol. The summed E-state index contributed by atoms with van der Waals surface area (Å²) >= 11 is 0. The summed E-state index contributed by atoms with van der Waals surface area (Å²) in [4.78, 5) is 13.9. The van der Waals surface area contributed by atoms with Crippen LogP contribution in [0.2, 0.25) is 0 Å². The van der Waals surface area contributed by atoms with Crippen LogP contribution in [-0.4, -0.2) is 50.1 Å². The first-order valence-corrected chi connectivity index (χ1v) is 6.28. The zero-order chi connectivity index (χ0) is 12.0. The summed E-state index contributed by atoms with van der Waals surface area (Å²) in [5, 5.41) is 6.16. The van der Waals surface area contributed by atoms with Gasteiger partial charge in [-0.3, -0.25) is 9.69 Å². The maximum absolute atomic E-state index is 11.6. The summed E-state index contributed by atoms with van der Waals surface area (Å²) in [7, 11) is 1.99. The molecular weight excluding hydrogens is 238 g/mol. The molecule has 1 aliphatic rings. The second-order valence-electron chi connectivity index (χ2n) is 5.02. The molecule has 0 radical (unpaired) electrons. The number of rotatable bonds is 5. The second kappa shape index (κ2) is 8.72. The number of piperidine rings is 1. The van der Waals surface area contributed by atoms with Crippen molar-refractivity contribution in [3.63, 3.8) is 0 Å². The van der Waals surface area contributed by atoms with Crippen LogP contribution in [0.1, 0.15) is 26.7 Å². The molecule has 0 spiro atoms. The molecule has 0 aromatic rings. The molecular formula is C12H26ClN3O. The Hall–Kier alpha value is -0.320. The first-order valence-electron chi connectivity index (χ1n) is 6.28. The second-order valence-corrected chi connectivity index (χ2v) is 5.02. The van der Waals surface area contributed by atoms with Gasteiger partial charge in [-0.05, 0) is 52.7 Å². The molecule has 1 unspecified atom stereocenters. The molecule has 1 atom stereocenters. The molecule has 1 fully saturated rings. The molecule has 1 rings (SSSR count). The van der Waals surface area contributed by atoms with Crippen LogP contribution in [0.4, 0.5) is 0 Å². The Morgan fingerprint density at radius 2 is 2.18 bits per heavy atom. The van der Waals surface area contributed by atoms with E-state index in [0.717, 1.165) is 19.6 Å². The largest absolute Gasteiger partial charge is 0.353 e. The van der Waals surface area contributed by atoms with Crippen LogP contribution in [-0.2, 0) is 4.79 Å². The van der Waals surface area contributed by atoms with Crippen molar-refractivity contribution in [1.29, 1.82) is 0 Å². The predicted octanol–water partition coefficient (Wildman–Crippen LogP) is 0.864. The van der Waals surface area contributed by atoms with Gasteiger partial charge in [0.25, 0.3) is 0 Å². The van der Waals surface area contributed by atoms with E-state index in [1.54, 1.807) is 0 Å². The van der Waals surface area contributed by atoms with Crippen LogP contribution in [0.3, 0.4) is 0 Å². The van der Waals surface area contributed by atoms with Crippen LogP contribution in [0.25, 0.3) is 0 Å². The number of carbonyl (C=O) groups is 1. The fourth-order valence-corrected chi connectivity index (χ4v) is 2.32. The van der Waals surface area contributed by atoms with Crippen molar-refractivity contribution in [1.82, 2.24) is 15.5 Å². The molecule has 0 aromatic carbocycles. The minimum absolute atomic E-state index is 0. The van der Waals surface area contributed by atoms with Crippen LogP contribution < -0.4 is 10.6 Å². The highest BCUT2D eigenvalue weighted by molar-refractivity contribution is 5.85. The third-order valence-corrected chi connectivity index (χ3v) is 2.91. The van der Waals surface area contributed by atoms with Gasteiger partial charge in [-0.1, -0.05) is 0 Å². The van der Waals surface area contributed by atoms with Gasteiger partial charge in [0.15, 0.2) is 0 Å². The number of nitrogens with one attached hydrogen (secondary N) is 2. The summed E-state index contributed by atoms with van der Waals surface area (Å²) in [5.41, 5.74) is 0. The van der Waals surface area contributed by atoms with Crippen molar-refractivity contribution in [2.75, 3.05) is 33.2 Å². The van der Waals surface area contributed by atoms with Gasteiger partial charge in [-0.15, -0.1) is 12.4 Å². The van der Waals surface area contributed by atoms with E-state index in [2.05, 4.69) is 15.5 Å². The first kappa shape index (κ1) is 16.7. The Balaban J connectivity index is 0.00000256. The first-order chi connectivity index (χ1) is 7.61. The van der Waals surface area contributed by atoms with Gasteiger partial charge in [0.1, 0.15) is 0 Å². The lowest BCUT2D eigenvalue weighted by atomic mass is 9.98. The van der Waals surface area contributed by atoms with Gasteiger partial charge in [-0.2, -0.15) is 0 Å². The van der Waals surface area contributed by atoms with E-state index in [-0.39, 0.29) is 24.4 Å². The predicted molar refractivity (Wildman–Crippen MR) is 73.6 cm³/mol. The smallest absolute Gasteiger partial charge is 0.234 e. The summed E-state index contributed by atoms with van der Waals surface area (Å²) < 4.78 is 0. The monoisotopic (exact) mass is 263 g/mol. The lowest BCUT2D eigenvalue weighted by molar-refractivity contribution is -0.123. The molecule has 4 nitrogen and oxygen atoms in total. The standard InChI is InChI=1S/C12H25N3O.ClH/c1-10(2)14-12(16)9-15-6-4-5-11(8-15)7-13-3;/h10-11,13H,4-9H2,1-3H3,(H,14,16);1H. The minimum atomic E-state index is 0. The van der Waals surface area contributed by atoms with Gasteiger partial charge >= 0.3 is 0 Å². The van der Waals surface area contributed by atoms with Crippen LogP contribution in [0.5, 0.6) is 0 Å². The maximum atomic E-state index is 11.6. The molecule has 5 heteroatoms. The quantitative estimate of drug-likeness (QED) is 0.774. The third kappa shape index (κ3) is 6.86. The Morgan fingerprint density at radius 3 is 2.76 bits per heavy atom. The van der Waals surface area contributed by atoms with Crippen molar-refractivity contribution < 1.29 is 4.79 Å². The van der Waals surface area contributed by atoms with Crippen LogP contribution in [0, 0.1) is 5.92 Å². The van der Waals surface area contributed by atoms with Gasteiger partial charge in [-0.25, -0.2) is 0 Å².